The average Bonchev–Trinajstić information content (AvgIpc) is 3.10. The molecule has 1 unspecified atom stereocenters. The van der Waals surface area contributed by atoms with Crippen LogP contribution in [0, 0.1) is 5.92 Å². The predicted octanol–water partition coefficient (Wildman–Crippen LogP) is 3.35. The molecule has 1 aromatic carbocycles. The number of aromatic nitrogens is 2. The molecule has 3 rings (SSSR count). The minimum atomic E-state index is -0.732. The van der Waals surface area contributed by atoms with Crippen LogP contribution in [0.4, 0.5) is 4.79 Å². The van der Waals surface area contributed by atoms with E-state index in [9.17, 15) is 4.79 Å². The minimum absolute atomic E-state index is 0.0331. The van der Waals surface area contributed by atoms with Crippen LogP contribution in [-0.4, -0.2) is 59.9 Å². The highest BCUT2D eigenvalue weighted by Crippen LogP contribution is 2.36. The van der Waals surface area contributed by atoms with Crippen molar-refractivity contribution >= 4 is 17.0 Å². The molecule has 1 saturated heterocycles. The fourth-order valence-electron chi connectivity index (χ4n) is 3.80. The van der Waals surface area contributed by atoms with E-state index >= 15 is 0 Å². The molecule has 0 bridgehead atoms. The van der Waals surface area contributed by atoms with Crippen LogP contribution in [0.15, 0.2) is 24.4 Å². The first-order valence-corrected chi connectivity index (χ1v) is 9.27. The normalized spacial score (nSPS) is 20.0. The van der Waals surface area contributed by atoms with E-state index in [0.29, 0.717) is 25.9 Å². The van der Waals surface area contributed by atoms with Gasteiger partial charge >= 0.3 is 6.09 Å². The second-order valence-electron chi connectivity index (χ2n) is 8.05. The molecular weight excluding hydrogens is 346 g/mol. The van der Waals surface area contributed by atoms with Crippen molar-refractivity contribution in [3.63, 3.8) is 0 Å². The Hall–Kier alpha value is -2.12. The number of carbonyl (C=O) groups excluding carboxylic acids is 1. The Kier molecular flexibility index (Phi) is 5.44. The largest absolute Gasteiger partial charge is 0.444 e. The number of ether oxygens (including phenoxy) is 3. The molecule has 2 heterocycles. The molecule has 0 spiro atoms. The second-order valence-corrected chi connectivity index (χ2v) is 8.05. The summed E-state index contributed by atoms with van der Waals surface area (Å²) >= 11 is 0. The van der Waals surface area contributed by atoms with Gasteiger partial charge in [0.05, 0.1) is 11.7 Å². The van der Waals surface area contributed by atoms with Crippen molar-refractivity contribution in [3.8, 4) is 0 Å². The van der Waals surface area contributed by atoms with E-state index in [2.05, 4.69) is 16.3 Å². The van der Waals surface area contributed by atoms with Gasteiger partial charge in [-0.25, -0.2) is 4.79 Å². The highest BCUT2D eigenvalue weighted by molar-refractivity contribution is 5.81. The van der Waals surface area contributed by atoms with Gasteiger partial charge in [0.25, 0.3) is 0 Å². The van der Waals surface area contributed by atoms with Gasteiger partial charge in [-0.15, -0.1) is 0 Å². The summed E-state index contributed by atoms with van der Waals surface area (Å²) in [5.41, 5.74) is 1.62. The van der Waals surface area contributed by atoms with E-state index in [1.165, 1.54) is 0 Å². The molecule has 1 fully saturated rings. The number of hydrogen-bond acceptors (Lipinski definition) is 5. The Bertz CT molecular complexity index is 792. The first-order valence-electron chi connectivity index (χ1n) is 9.27. The van der Waals surface area contributed by atoms with Crippen LogP contribution >= 0.6 is 0 Å². The molecule has 1 aliphatic heterocycles. The monoisotopic (exact) mass is 375 g/mol. The second kappa shape index (κ2) is 7.48. The zero-order valence-electron chi connectivity index (χ0n) is 16.7. The molecule has 148 valence electrons. The summed E-state index contributed by atoms with van der Waals surface area (Å²) in [6.07, 6.45) is 2.83. The molecule has 1 N–H and O–H groups in total. The van der Waals surface area contributed by atoms with Gasteiger partial charge in [-0.05, 0) is 38.8 Å². The van der Waals surface area contributed by atoms with Gasteiger partial charge in [0, 0.05) is 45.0 Å². The number of nitrogens with zero attached hydrogens (tertiary/aromatic N) is 2. The number of nitrogens with one attached hydrogen (secondary N) is 1. The molecule has 7 nitrogen and oxygen atoms in total. The number of aromatic amines is 1. The third-order valence-corrected chi connectivity index (χ3v) is 5.18. The molecule has 0 radical (unpaired) electrons. The standard InChI is InChI=1S/C20H29N3O4/c1-19(2,3)27-18(24)23-10-9-20(25-4,26-5)15(13-23)11-14-7-6-8-17-16(14)12-21-22-17/h6-8,12,15H,9-11,13H2,1-5H3,(H,21,22). The third kappa shape index (κ3) is 4.09. The van der Waals surface area contributed by atoms with Gasteiger partial charge < -0.3 is 19.1 Å². The van der Waals surface area contributed by atoms with Crippen LogP contribution in [0.5, 0.6) is 0 Å². The van der Waals surface area contributed by atoms with E-state index in [-0.39, 0.29) is 12.0 Å². The molecule has 27 heavy (non-hydrogen) atoms. The Morgan fingerprint density at radius 2 is 2.07 bits per heavy atom. The number of hydrogen-bond donors (Lipinski definition) is 1. The van der Waals surface area contributed by atoms with Gasteiger partial charge in [0.15, 0.2) is 5.79 Å². The third-order valence-electron chi connectivity index (χ3n) is 5.18. The lowest BCUT2D eigenvalue weighted by molar-refractivity contribution is -0.258. The number of methoxy groups -OCH3 is 2. The summed E-state index contributed by atoms with van der Waals surface area (Å²) in [7, 11) is 3.33. The number of fused-ring (bicyclic) bond motifs is 1. The molecule has 7 heteroatoms. The number of H-pyrrole nitrogens is 1. The van der Waals surface area contributed by atoms with Crippen molar-refractivity contribution in [3.05, 3.63) is 30.0 Å². The number of rotatable bonds is 4. The fraction of sp³-hybridized carbons (Fsp3) is 0.600. The number of likely N-dealkylation sites (tertiary alicyclic amines) is 1. The maximum Gasteiger partial charge on any atom is 0.410 e. The van der Waals surface area contributed by atoms with Gasteiger partial charge in [-0.3, -0.25) is 5.10 Å². The topological polar surface area (TPSA) is 76.7 Å². The van der Waals surface area contributed by atoms with E-state index in [1.807, 2.05) is 39.1 Å². The van der Waals surface area contributed by atoms with Crippen LogP contribution in [-0.2, 0) is 20.6 Å². The maximum atomic E-state index is 12.6. The summed E-state index contributed by atoms with van der Waals surface area (Å²) < 4.78 is 17.2. The van der Waals surface area contributed by atoms with E-state index in [1.54, 1.807) is 19.1 Å². The minimum Gasteiger partial charge on any atom is -0.444 e. The molecule has 0 aliphatic carbocycles. The predicted molar refractivity (Wildman–Crippen MR) is 102 cm³/mol. The average molecular weight is 375 g/mol. The SMILES string of the molecule is COC1(OC)CCN(C(=O)OC(C)(C)C)CC1Cc1cccc2[nH]ncc12. The van der Waals surface area contributed by atoms with Crippen LogP contribution < -0.4 is 0 Å². The number of carbonyl (C=O) groups is 1. The smallest absolute Gasteiger partial charge is 0.410 e. The molecule has 1 atom stereocenters. The van der Waals surface area contributed by atoms with Gasteiger partial charge in [-0.2, -0.15) is 5.10 Å². The molecule has 2 aromatic rings. The summed E-state index contributed by atoms with van der Waals surface area (Å²) in [6, 6.07) is 6.09. The van der Waals surface area contributed by atoms with Crippen molar-refractivity contribution in [1.29, 1.82) is 0 Å². The van der Waals surface area contributed by atoms with E-state index in [0.717, 1.165) is 16.5 Å². The molecule has 1 aliphatic rings. The molecular formula is C20H29N3O4. The summed E-state index contributed by atoms with van der Waals surface area (Å²) in [4.78, 5) is 14.3. The molecule has 1 amide bonds. The van der Waals surface area contributed by atoms with Crippen LogP contribution in [0.2, 0.25) is 0 Å². The van der Waals surface area contributed by atoms with Gasteiger partial charge in [0.1, 0.15) is 5.60 Å². The lowest BCUT2D eigenvalue weighted by Crippen LogP contribution is -2.56. The Labute approximate surface area is 160 Å². The Balaban J connectivity index is 1.85. The van der Waals surface area contributed by atoms with Gasteiger partial charge in [-0.1, -0.05) is 12.1 Å². The first kappa shape index (κ1) is 19.6. The van der Waals surface area contributed by atoms with Gasteiger partial charge in [0.2, 0.25) is 0 Å². The fourth-order valence-corrected chi connectivity index (χ4v) is 3.80. The van der Waals surface area contributed by atoms with E-state index in [4.69, 9.17) is 14.2 Å². The van der Waals surface area contributed by atoms with Crippen LogP contribution in [0.1, 0.15) is 32.8 Å². The van der Waals surface area contributed by atoms with Crippen molar-refractivity contribution in [2.24, 2.45) is 5.92 Å². The molecule has 1 aromatic heterocycles. The lowest BCUT2D eigenvalue weighted by Gasteiger charge is -2.46. The van der Waals surface area contributed by atoms with Crippen molar-refractivity contribution in [1.82, 2.24) is 15.1 Å². The summed E-state index contributed by atoms with van der Waals surface area (Å²) in [6.45, 7) is 6.66. The number of amides is 1. The summed E-state index contributed by atoms with van der Waals surface area (Å²) in [5.74, 6) is -0.765. The highest BCUT2D eigenvalue weighted by atomic mass is 16.7. The van der Waals surface area contributed by atoms with Crippen molar-refractivity contribution in [2.45, 2.75) is 45.0 Å². The quantitative estimate of drug-likeness (QED) is 0.830. The number of piperidine rings is 1. The first-order chi connectivity index (χ1) is 12.8. The van der Waals surface area contributed by atoms with Crippen molar-refractivity contribution < 1.29 is 19.0 Å². The lowest BCUT2D eigenvalue weighted by atomic mass is 9.84. The number of benzene rings is 1. The zero-order chi connectivity index (χ0) is 19.7. The maximum absolute atomic E-state index is 12.6. The van der Waals surface area contributed by atoms with Crippen molar-refractivity contribution in [2.75, 3.05) is 27.3 Å². The van der Waals surface area contributed by atoms with Crippen LogP contribution in [0.3, 0.4) is 0 Å². The zero-order valence-corrected chi connectivity index (χ0v) is 16.7. The van der Waals surface area contributed by atoms with E-state index < -0.39 is 11.4 Å². The Morgan fingerprint density at radius 3 is 2.74 bits per heavy atom. The summed E-state index contributed by atoms with van der Waals surface area (Å²) in [5, 5.41) is 8.22. The highest BCUT2D eigenvalue weighted by Gasteiger charge is 2.45. The molecule has 0 saturated carbocycles. The Morgan fingerprint density at radius 1 is 1.33 bits per heavy atom. The van der Waals surface area contributed by atoms with Crippen LogP contribution in [0.25, 0.3) is 10.9 Å².